The van der Waals surface area contributed by atoms with Gasteiger partial charge in [0.25, 0.3) is 0 Å². The van der Waals surface area contributed by atoms with Gasteiger partial charge >= 0.3 is 0 Å². The molecule has 2 atom stereocenters. The van der Waals surface area contributed by atoms with Crippen LogP contribution in [0.3, 0.4) is 0 Å². The molecule has 0 radical (unpaired) electrons. The lowest BCUT2D eigenvalue weighted by molar-refractivity contribution is 0.449. The Balaban J connectivity index is 3.97. The topological polar surface area (TPSA) is 72.2 Å². The first kappa shape index (κ1) is 15.6. The molecule has 0 spiro atoms. The summed E-state index contributed by atoms with van der Waals surface area (Å²) in [5.41, 5.74) is 2.60. The molecule has 0 aromatic heterocycles. The SMILES string of the molecule is C=CCCCCCC(NN)C(C)S(C)(=O)=O. The zero-order valence-corrected chi connectivity index (χ0v) is 11.1. The van der Waals surface area contributed by atoms with E-state index in [1.807, 2.05) is 6.08 Å². The van der Waals surface area contributed by atoms with E-state index in [4.69, 9.17) is 5.84 Å². The third-order valence-electron chi connectivity index (χ3n) is 2.88. The molecule has 0 aliphatic carbocycles. The number of nitrogens with one attached hydrogen (secondary N) is 1. The summed E-state index contributed by atoms with van der Waals surface area (Å²) in [6.07, 6.45) is 8.14. The van der Waals surface area contributed by atoms with Crippen LogP contribution in [-0.2, 0) is 9.84 Å². The van der Waals surface area contributed by atoms with Crippen LogP contribution in [0.15, 0.2) is 12.7 Å². The molecule has 5 heteroatoms. The fourth-order valence-electron chi connectivity index (χ4n) is 1.58. The zero-order valence-electron chi connectivity index (χ0n) is 10.3. The van der Waals surface area contributed by atoms with Crippen molar-refractivity contribution in [2.45, 2.75) is 50.3 Å². The van der Waals surface area contributed by atoms with Crippen molar-refractivity contribution in [3.8, 4) is 0 Å². The molecule has 0 aromatic rings. The summed E-state index contributed by atoms with van der Waals surface area (Å²) in [5.74, 6) is 5.38. The van der Waals surface area contributed by atoms with E-state index in [9.17, 15) is 8.42 Å². The van der Waals surface area contributed by atoms with Gasteiger partial charge in [-0.25, -0.2) is 8.42 Å². The lowest BCUT2D eigenvalue weighted by atomic mass is 10.1. The third-order valence-corrected chi connectivity index (χ3v) is 4.56. The summed E-state index contributed by atoms with van der Waals surface area (Å²) >= 11 is 0. The van der Waals surface area contributed by atoms with Crippen LogP contribution in [-0.4, -0.2) is 26.0 Å². The van der Waals surface area contributed by atoms with Crippen molar-refractivity contribution in [1.29, 1.82) is 0 Å². The fraction of sp³-hybridized carbons (Fsp3) is 0.818. The van der Waals surface area contributed by atoms with Crippen LogP contribution in [0.2, 0.25) is 0 Å². The van der Waals surface area contributed by atoms with E-state index >= 15 is 0 Å². The van der Waals surface area contributed by atoms with Crippen LogP contribution < -0.4 is 11.3 Å². The smallest absolute Gasteiger partial charge is 0.151 e. The van der Waals surface area contributed by atoms with Crippen LogP contribution in [0.5, 0.6) is 0 Å². The van der Waals surface area contributed by atoms with Gasteiger partial charge in [0.2, 0.25) is 0 Å². The third kappa shape index (κ3) is 6.25. The van der Waals surface area contributed by atoms with Crippen molar-refractivity contribution in [3.05, 3.63) is 12.7 Å². The minimum absolute atomic E-state index is 0.154. The van der Waals surface area contributed by atoms with Gasteiger partial charge in [-0.05, 0) is 26.2 Å². The predicted molar refractivity (Wildman–Crippen MR) is 68.7 cm³/mol. The minimum Gasteiger partial charge on any atom is -0.271 e. The molecule has 0 bridgehead atoms. The van der Waals surface area contributed by atoms with Crippen molar-refractivity contribution in [2.75, 3.05) is 6.26 Å². The Morgan fingerprint density at radius 2 is 2.00 bits per heavy atom. The standard InChI is InChI=1S/C11H24N2O2S/c1-4-5-6-7-8-9-11(13-12)10(2)16(3,14)15/h4,10-11,13H,1,5-9,12H2,2-3H3. The second-order valence-corrected chi connectivity index (χ2v) is 6.64. The molecule has 0 fully saturated rings. The van der Waals surface area contributed by atoms with Crippen molar-refractivity contribution in [1.82, 2.24) is 5.43 Å². The largest absolute Gasteiger partial charge is 0.271 e. The number of rotatable bonds is 9. The van der Waals surface area contributed by atoms with E-state index in [0.717, 1.165) is 32.1 Å². The average molecular weight is 248 g/mol. The second kappa shape index (κ2) is 7.81. The maximum Gasteiger partial charge on any atom is 0.151 e. The number of nitrogens with two attached hydrogens (primary N) is 1. The number of hydrogen-bond acceptors (Lipinski definition) is 4. The second-order valence-electron chi connectivity index (χ2n) is 4.23. The van der Waals surface area contributed by atoms with Crippen molar-refractivity contribution in [3.63, 3.8) is 0 Å². The maximum atomic E-state index is 11.4. The van der Waals surface area contributed by atoms with E-state index in [1.54, 1.807) is 6.92 Å². The lowest BCUT2D eigenvalue weighted by Gasteiger charge is -2.21. The highest BCUT2D eigenvalue weighted by Crippen LogP contribution is 2.12. The molecule has 0 saturated heterocycles. The molecule has 0 aromatic carbocycles. The van der Waals surface area contributed by atoms with Gasteiger partial charge in [0, 0.05) is 12.3 Å². The van der Waals surface area contributed by atoms with E-state index in [1.165, 1.54) is 6.26 Å². The summed E-state index contributed by atoms with van der Waals surface area (Å²) in [6.45, 7) is 5.36. The number of allylic oxidation sites excluding steroid dienone is 1. The average Bonchev–Trinajstić information content (AvgIpc) is 2.21. The zero-order chi connectivity index (χ0) is 12.6. The van der Waals surface area contributed by atoms with Gasteiger partial charge in [0.15, 0.2) is 9.84 Å². The summed E-state index contributed by atoms with van der Waals surface area (Å²) < 4.78 is 22.7. The van der Waals surface area contributed by atoms with Crippen molar-refractivity contribution in [2.24, 2.45) is 5.84 Å². The molecule has 0 aliphatic rings. The highest BCUT2D eigenvalue weighted by atomic mass is 32.2. The molecular weight excluding hydrogens is 224 g/mol. The van der Waals surface area contributed by atoms with Gasteiger partial charge in [-0.15, -0.1) is 6.58 Å². The number of sulfone groups is 1. The van der Waals surface area contributed by atoms with E-state index in [0.29, 0.717) is 0 Å². The molecule has 0 amide bonds. The summed E-state index contributed by atoms with van der Waals surface area (Å²) in [4.78, 5) is 0. The summed E-state index contributed by atoms with van der Waals surface area (Å²) in [7, 11) is -3.02. The van der Waals surface area contributed by atoms with Crippen LogP contribution in [0, 0.1) is 0 Å². The first-order chi connectivity index (χ1) is 7.43. The lowest BCUT2D eigenvalue weighted by Crippen LogP contribution is -2.45. The molecule has 96 valence electrons. The Morgan fingerprint density at radius 1 is 1.38 bits per heavy atom. The fourth-order valence-corrected chi connectivity index (χ4v) is 2.39. The quantitative estimate of drug-likeness (QED) is 0.280. The molecule has 0 rings (SSSR count). The first-order valence-corrected chi connectivity index (χ1v) is 7.64. The predicted octanol–water partition coefficient (Wildman–Crippen LogP) is 1.39. The van der Waals surface area contributed by atoms with E-state index in [2.05, 4.69) is 12.0 Å². The van der Waals surface area contributed by atoms with Gasteiger partial charge in [0.1, 0.15) is 0 Å². The molecule has 0 heterocycles. The molecule has 4 nitrogen and oxygen atoms in total. The highest BCUT2D eigenvalue weighted by Gasteiger charge is 2.24. The Bertz CT molecular complexity index is 288. The number of unbranched alkanes of at least 4 members (excludes halogenated alkanes) is 3. The molecule has 2 unspecified atom stereocenters. The Hall–Kier alpha value is -0.390. The van der Waals surface area contributed by atoms with E-state index in [-0.39, 0.29) is 6.04 Å². The monoisotopic (exact) mass is 248 g/mol. The Labute approximate surface area is 99.2 Å². The summed E-state index contributed by atoms with van der Waals surface area (Å²) in [6, 6.07) is -0.154. The van der Waals surface area contributed by atoms with Crippen LogP contribution >= 0.6 is 0 Å². The van der Waals surface area contributed by atoms with Gasteiger partial charge in [0.05, 0.1) is 5.25 Å². The highest BCUT2D eigenvalue weighted by molar-refractivity contribution is 7.91. The van der Waals surface area contributed by atoms with Gasteiger partial charge < -0.3 is 0 Å². The molecule has 0 saturated carbocycles. The molecule has 16 heavy (non-hydrogen) atoms. The number of hydrazine groups is 1. The van der Waals surface area contributed by atoms with Gasteiger partial charge in [-0.2, -0.15) is 0 Å². The van der Waals surface area contributed by atoms with Crippen LogP contribution in [0.25, 0.3) is 0 Å². The normalized spacial score (nSPS) is 15.7. The van der Waals surface area contributed by atoms with Gasteiger partial charge in [-0.1, -0.05) is 18.9 Å². The van der Waals surface area contributed by atoms with Crippen molar-refractivity contribution < 1.29 is 8.42 Å². The summed E-state index contributed by atoms with van der Waals surface area (Å²) in [5, 5.41) is -0.433. The molecule has 3 N–H and O–H groups in total. The number of hydrogen-bond donors (Lipinski definition) is 2. The van der Waals surface area contributed by atoms with Crippen LogP contribution in [0.1, 0.15) is 39.0 Å². The Morgan fingerprint density at radius 3 is 2.44 bits per heavy atom. The van der Waals surface area contributed by atoms with Crippen molar-refractivity contribution >= 4 is 9.84 Å². The van der Waals surface area contributed by atoms with Gasteiger partial charge in [-0.3, -0.25) is 11.3 Å². The first-order valence-electron chi connectivity index (χ1n) is 5.69. The Kier molecular flexibility index (Phi) is 7.62. The van der Waals surface area contributed by atoms with E-state index < -0.39 is 15.1 Å². The van der Waals surface area contributed by atoms with Crippen LogP contribution in [0.4, 0.5) is 0 Å². The maximum absolute atomic E-state index is 11.4. The molecule has 0 aliphatic heterocycles. The molecular formula is C11H24N2O2S. The minimum atomic E-state index is -3.02.